The zero-order chi connectivity index (χ0) is 19.3. The van der Waals surface area contributed by atoms with Gasteiger partial charge in [-0.25, -0.2) is 0 Å². The molecule has 0 unspecified atom stereocenters. The Bertz CT molecular complexity index is 1020. The quantitative estimate of drug-likeness (QED) is 0.686. The molecule has 2 aromatic heterocycles. The first kappa shape index (κ1) is 17.4. The van der Waals surface area contributed by atoms with E-state index < -0.39 is 0 Å². The van der Waals surface area contributed by atoms with Gasteiger partial charge in [-0.2, -0.15) is 5.10 Å². The number of fused-ring (bicyclic) bond motifs is 1. The summed E-state index contributed by atoms with van der Waals surface area (Å²) in [6.07, 6.45) is 2.34. The molecule has 0 atom stereocenters. The number of carbonyl (C=O) groups is 2. The van der Waals surface area contributed by atoms with E-state index in [4.69, 9.17) is 0 Å². The summed E-state index contributed by atoms with van der Waals surface area (Å²) < 4.78 is 2.83. The Hall–Kier alpha value is -2.67. The molecule has 6 nitrogen and oxygen atoms in total. The maximum atomic E-state index is 12.9. The lowest BCUT2D eigenvalue weighted by atomic mass is 10.2. The van der Waals surface area contributed by atoms with Crippen LogP contribution in [0.1, 0.15) is 44.6 Å². The number of rotatable bonds is 3. The number of nitrogens with zero attached hydrogens (tertiary/aromatic N) is 4. The van der Waals surface area contributed by atoms with Gasteiger partial charge in [-0.15, -0.1) is 11.3 Å². The van der Waals surface area contributed by atoms with Crippen molar-refractivity contribution in [2.45, 2.75) is 18.8 Å². The van der Waals surface area contributed by atoms with E-state index in [0.29, 0.717) is 37.8 Å². The molecule has 3 heterocycles. The first-order chi connectivity index (χ1) is 13.6. The fourth-order valence-electron chi connectivity index (χ4n) is 3.79. The number of piperazine rings is 1. The number of carbonyl (C=O) groups excluding carboxylic acids is 2. The molecule has 1 saturated heterocycles. The van der Waals surface area contributed by atoms with Gasteiger partial charge in [0.05, 0.1) is 10.6 Å². The van der Waals surface area contributed by atoms with Crippen molar-refractivity contribution in [3.05, 3.63) is 52.7 Å². The Labute approximate surface area is 167 Å². The average molecular weight is 395 g/mol. The zero-order valence-electron chi connectivity index (χ0n) is 15.8. The summed E-state index contributed by atoms with van der Waals surface area (Å²) in [6.45, 7) is 2.23. The maximum Gasteiger partial charge on any atom is 0.272 e. The number of hydrogen-bond acceptors (Lipinski definition) is 4. The molecule has 1 aromatic carbocycles. The second-order valence-electron chi connectivity index (χ2n) is 7.59. The van der Waals surface area contributed by atoms with Crippen molar-refractivity contribution in [1.29, 1.82) is 0 Å². The van der Waals surface area contributed by atoms with Gasteiger partial charge in [0.1, 0.15) is 5.69 Å². The molecule has 2 aliphatic rings. The van der Waals surface area contributed by atoms with E-state index in [0.717, 1.165) is 20.7 Å². The number of thiophene rings is 1. The number of hydrogen-bond donors (Lipinski definition) is 0. The third kappa shape index (κ3) is 3.09. The third-order valence-corrected chi connectivity index (χ3v) is 6.71. The lowest BCUT2D eigenvalue weighted by Crippen LogP contribution is -2.50. The molecule has 5 rings (SSSR count). The molecular weight excluding hydrogens is 372 g/mol. The summed E-state index contributed by atoms with van der Waals surface area (Å²) in [5.41, 5.74) is 1.68. The van der Waals surface area contributed by atoms with Crippen molar-refractivity contribution in [1.82, 2.24) is 19.6 Å². The van der Waals surface area contributed by atoms with E-state index in [1.54, 1.807) is 4.68 Å². The van der Waals surface area contributed by atoms with E-state index in [2.05, 4.69) is 5.10 Å². The highest BCUT2D eigenvalue weighted by molar-refractivity contribution is 7.20. The Morgan fingerprint density at radius 3 is 2.36 bits per heavy atom. The van der Waals surface area contributed by atoms with Crippen LogP contribution in [0, 0.1) is 0 Å². The Kier molecular flexibility index (Phi) is 4.19. The first-order valence-electron chi connectivity index (χ1n) is 9.71. The predicted octanol–water partition coefficient (Wildman–Crippen LogP) is 3.11. The average Bonchev–Trinajstić information content (AvgIpc) is 3.36. The second-order valence-corrected chi connectivity index (χ2v) is 8.67. The van der Waals surface area contributed by atoms with E-state index in [1.807, 2.05) is 53.2 Å². The van der Waals surface area contributed by atoms with Gasteiger partial charge < -0.3 is 9.80 Å². The highest BCUT2D eigenvalue weighted by atomic mass is 32.1. The van der Waals surface area contributed by atoms with Gasteiger partial charge in [-0.05, 0) is 36.4 Å². The number of benzene rings is 1. The van der Waals surface area contributed by atoms with Crippen LogP contribution >= 0.6 is 11.3 Å². The minimum Gasteiger partial charge on any atom is -0.334 e. The normalized spacial score (nSPS) is 17.3. The van der Waals surface area contributed by atoms with Crippen LogP contribution in [0.2, 0.25) is 0 Å². The highest BCUT2D eigenvalue weighted by Crippen LogP contribution is 2.39. The summed E-state index contributed by atoms with van der Waals surface area (Å²) >= 11 is 1.53. The van der Waals surface area contributed by atoms with Crippen LogP contribution in [0.4, 0.5) is 0 Å². The SMILES string of the molecule is Cn1nc(C2CC2)cc1C(=O)N1CCN(C(=O)c2cc3ccccc3s2)CC1. The molecule has 0 bridgehead atoms. The van der Waals surface area contributed by atoms with E-state index in [1.165, 1.54) is 24.2 Å². The minimum absolute atomic E-state index is 0.0101. The molecule has 0 N–H and O–H groups in total. The summed E-state index contributed by atoms with van der Waals surface area (Å²) in [6, 6.07) is 12.0. The lowest BCUT2D eigenvalue weighted by molar-refractivity contribution is 0.0532. The fraction of sp³-hybridized carbons (Fsp3) is 0.381. The van der Waals surface area contributed by atoms with Crippen molar-refractivity contribution >= 4 is 33.2 Å². The minimum atomic E-state index is 0.0101. The number of aromatic nitrogens is 2. The second kappa shape index (κ2) is 6.74. The Balaban J connectivity index is 1.25. The fourth-order valence-corrected chi connectivity index (χ4v) is 4.82. The molecule has 28 heavy (non-hydrogen) atoms. The van der Waals surface area contributed by atoms with Gasteiger partial charge in [0, 0.05) is 43.8 Å². The van der Waals surface area contributed by atoms with Crippen LogP contribution in [-0.2, 0) is 7.05 Å². The molecule has 1 saturated carbocycles. The zero-order valence-corrected chi connectivity index (χ0v) is 16.6. The monoisotopic (exact) mass is 394 g/mol. The molecule has 2 amide bonds. The molecular formula is C21H22N4O2S. The van der Waals surface area contributed by atoms with E-state index in [-0.39, 0.29) is 11.8 Å². The van der Waals surface area contributed by atoms with Crippen LogP contribution in [-0.4, -0.2) is 57.6 Å². The van der Waals surface area contributed by atoms with Gasteiger partial charge in [-0.3, -0.25) is 14.3 Å². The van der Waals surface area contributed by atoms with Gasteiger partial charge in [0.25, 0.3) is 11.8 Å². The summed E-state index contributed by atoms with van der Waals surface area (Å²) in [5, 5.41) is 5.60. The van der Waals surface area contributed by atoms with Crippen molar-refractivity contribution in [3.8, 4) is 0 Å². The highest BCUT2D eigenvalue weighted by Gasteiger charge is 2.31. The van der Waals surface area contributed by atoms with E-state index >= 15 is 0 Å². The molecule has 144 valence electrons. The predicted molar refractivity (Wildman–Crippen MR) is 109 cm³/mol. The van der Waals surface area contributed by atoms with Crippen molar-refractivity contribution in [3.63, 3.8) is 0 Å². The van der Waals surface area contributed by atoms with Gasteiger partial charge in [0.15, 0.2) is 0 Å². The Morgan fingerprint density at radius 2 is 1.68 bits per heavy atom. The third-order valence-electron chi connectivity index (χ3n) is 5.60. The van der Waals surface area contributed by atoms with Crippen molar-refractivity contribution in [2.75, 3.05) is 26.2 Å². The summed E-state index contributed by atoms with van der Waals surface area (Å²) in [4.78, 5) is 30.2. The molecule has 7 heteroatoms. The molecule has 3 aromatic rings. The van der Waals surface area contributed by atoms with Gasteiger partial charge in [0.2, 0.25) is 0 Å². The number of amides is 2. The molecule has 1 aliphatic carbocycles. The molecule has 0 radical (unpaired) electrons. The van der Waals surface area contributed by atoms with Crippen LogP contribution in [0.15, 0.2) is 36.4 Å². The lowest BCUT2D eigenvalue weighted by Gasteiger charge is -2.34. The van der Waals surface area contributed by atoms with Crippen LogP contribution in [0.3, 0.4) is 0 Å². The van der Waals surface area contributed by atoms with Gasteiger partial charge in [-0.1, -0.05) is 18.2 Å². The topological polar surface area (TPSA) is 58.4 Å². The van der Waals surface area contributed by atoms with E-state index in [9.17, 15) is 9.59 Å². The molecule has 0 spiro atoms. The van der Waals surface area contributed by atoms with Crippen molar-refractivity contribution in [2.24, 2.45) is 7.05 Å². The van der Waals surface area contributed by atoms with Crippen LogP contribution < -0.4 is 0 Å². The van der Waals surface area contributed by atoms with Crippen LogP contribution in [0.25, 0.3) is 10.1 Å². The standard InChI is InChI=1S/C21H22N4O2S/c1-23-17(13-16(22-23)14-6-7-14)20(26)24-8-10-25(11-9-24)21(27)19-12-15-4-2-3-5-18(15)28-19/h2-5,12-14H,6-11H2,1H3. The van der Waals surface area contributed by atoms with Crippen molar-refractivity contribution < 1.29 is 9.59 Å². The molecule has 1 aliphatic heterocycles. The largest absolute Gasteiger partial charge is 0.334 e. The maximum absolute atomic E-state index is 12.9. The summed E-state index contributed by atoms with van der Waals surface area (Å²) in [5.74, 6) is 0.601. The smallest absolute Gasteiger partial charge is 0.272 e. The summed E-state index contributed by atoms with van der Waals surface area (Å²) in [7, 11) is 1.83. The van der Waals surface area contributed by atoms with Crippen LogP contribution in [0.5, 0.6) is 0 Å². The number of aryl methyl sites for hydroxylation is 1. The first-order valence-corrected chi connectivity index (χ1v) is 10.5. The Morgan fingerprint density at radius 1 is 1.00 bits per heavy atom. The molecule has 2 fully saturated rings. The van der Waals surface area contributed by atoms with Gasteiger partial charge >= 0.3 is 0 Å².